The van der Waals surface area contributed by atoms with Crippen LogP contribution < -0.4 is 5.32 Å². The number of aromatic nitrogens is 2. The first-order chi connectivity index (χ1) is 7.28. The van der Waals surface area contributed by atoms with Gasteiger partial charge in [0.2, 0.25) is 0 Å². The highest BCUT2D eigenvalue weighted by molar-refractivity contribution is 4.97. The van der Waals surface area contributed by atoms with Gasteiger partial charge in [-0.05, 0) is 18.8 Å². The molecule has 1 aliphatic carbocycles. The van der Waals surface area contributed by atoms with E-state index in [1.165, 1.54) is 25.0 Å². The number of nitrogens with zero attached hydrogens (tertiary/aromatic N) is 2. The second-order valence-corrected chi connectivity index (χ2v) is 4.73. The number of imidazole rings is 1. The van der Waals surface area contributed by atoms with Crippen molar-refractivity contribution in [3.8, 4) is 0 Å². The Bertz CT molecular complexity index is 302. The van der Waals surface area contributed by atoms with Gasteiger partial charge in [0, 0.05) is 25.3 Å². The summed E-state index contributed by atoms with van der Waals surface area (Å²) in [6.45, 7) is 6.53. The van der Waals surface area contributed by atoms with Crippen molar-refractivity contribution in [1.82, 2.24) is 14.9 Å². The lowest BCUT2D eigenvalue weighted by Crippen LogP contribution is -2.15. The molecule has 15 heavy (non-hydrogen) atoms. The average Bonchev–Trinajstić information content (AvgIpc) is 2.97. The predicted octanol–water partition coefficient (Wildman–Crippen LogP) is 2.18. The van der Waals surface area contributed by atoms with Gasteiger partial charge in [0.1, 0.15) is 0 Å². The monoisotopic (exact) mass is 207 g/mol. The zero-order chi connectivity index (χ0) is 10.7. The Morgan fingerprint density at radius 1 is 1.60 bits per heavy atom. The SMILES string of the molecule is CCC(C)Cn1cnc(CNC2CC2)c1. The van der Waals surface area contributed by atoms with Crippen LogP contribution in [0.4, 0.5) is 0 Å². The van der Waals surface area contributed by atoms with Gasteiger partial charge >= 0.3 is 0 Å². The molecule has 1 saturated carbocycles. The topological polar surface area (TPSA) is 29.9 Å². The van der Waals surface area contributed by atoms with Gasteiger partial charge in [-0.2, -0.15) is 0 Å². The van der Waals surface area contributed by atoms with E-state index in [1.54, 1.807) is 0 Å². The summed E-state index contributed by atoms with van der Waals surface area (Å²) in [5.41, 5.74) is 1.17. The maximum absolute atomic E-state index is 4.40. The highest BCUT2D eigenvalue weighted by Gasteiger charge is 2.20. The van der Waals surface area contributed by atoms with Crippen LogP contribution in [0.25, 0.3) is 0 Å². The van der Waals surface area contributed by atoms with Gasteiger partial charge in [-0.15, -0.1) is 0 Å². The molecule has 1 aromatic rings. The van der Waals surface area contributed by atoms with E-state index >= 15 is 0 Å². The van der Waals surface area contributed by atoms with E-state index in [0.717, 1.165) is 25.0 Å². The molecule has 0 spiro atoms. The van der Waals surface area contributed by atoms with Crippen LogP contribution in [0.1, 0.15) is 38.8 Å². The highest BCUT2D eigenvalue weighted by atomic mass is 15.1. The molecule has 1 unspecified atom stereocenters. The summed E-state index contributed by atoms with van der Waals surface area (Å²) in [4.78, 5) is 4.40. The van der Waals surface area contributed by atoms with Crippen molar-refractivity contribution in [2.45, 2.75) is 52.2 Å². The lowest BCUT2D eigenvalue weighted by atomic mass is 10.1. The molecule has 1 aliphatic rings. The first kappa shape index (κ1) is 10.7. The van der Waals surface area contributed by atoms with E-state index in [1.807, 2.05) is 6.33 Å². The van der Waals surface area contributed by atoms with Crippen LogP contribution >= 0.6 is 0 Å². The molecule has 0 radical (unpaired) electrons. The van der Waals surface area contributed by atoms with Crippen molar-refractivity contribution >= 4 is 0 Å². The van der Waals surface area contributed by atoms with Crippen molar-refractivity contribution < 1.29 is 0 Å². The number of rotatable bonds is 6. The van der Waals surface area contributed by atoms with E-state index in [2.05, 4.69) is 34.9 Å². The Balaban J connectivity index is 1.79. The molecule has 1 heterocycles. The standard InChI is InChI=1S/C12H21N3/c1-3-10(2)7-15-8-12(14-9-15)6-13-11-4-5-11/h8-11,13H,3-7H2,1-2H3. The number of hydrogen-bond acceptors (Lipinski definition) is 2. The summed E-state index contributed by atoms with van der Waals surface area (Å²) in [5, 5.41) is 3.48. The molecule has 1 fully saturated rings. The Morgan fingerprint density at radius 3 is 3.07 bits per heavy atom. The van der Waals surface area contributed by atoms with Crippen LogP contribution in [0.2, 0.25) is 0 Å². The molecule has 2 rings (SSSR count). The highest BCUT2D eigenvalue weighted by Crippen LogP contribution is 2.19. The van der Waals surface area contributed by atoms with Crippen molar-refractivity contribution in [3.05, 3.63) is 18.2 Å². The van der Waals surface area contributed by atoms with Crippen LogP contribution in [-0.4, -0.2) is 15.6 Å². The zero-order valence-corrected chi connectivity index (χ0v) is 9.74. The van der Waals surface area contributed by atoms with Crippen molar-refractivity contribution in [2.75, 3.05) is 0 Å². The first-order valence-electron chi connectivity index (χ1n) is 6.02. The van der Waals surface area contributed by atoms with Crippen LogP contribution in [0.3, 0.4) is 0 Å². The van der Waals surface area contributed by atoms with Gasteiger partial charge in [0.25, 0.3) is 0 Å². The van der Waals surface area contributed by atoms with Crippen LogP contribution in [0.5, 0.6) is 0 Å². The van der Waals surface area contributed by atoms with E-state index in [0.29, 0.717) is 0 Å². The Morgan fingerprint density at radius 2 is 2.40 bits per heavy atom. The summed E-state index contributed by atoms with van der Waals surface area (Å²) in [6.07, 6.45) is 8.03. The third-order valence-corrected chi connectivity index (χ3v) is 3.06. The van der Waals surface area contributed by atoms with Crippen molar-refractivity contribution in [3.63, 3.8) is 0 Å². The van der Waals surface area contributed by atoms with E-state index in [-0.39, 0.29) is 0 Å². The Labute approximate surface area is 91.9 Å². The summed E-state index contributed by atoms with van der Waals surface area (Å²) in [7, 11) is 0. The minimum atomic E-state index is 0.739. The molecule has 0 amide bonds. The maximum Gasteiger partial charge on any atom is 0.0950 e. The number of hydrogen-bond donors (Lipinski definition) is 1. The average molecular weight is 207 g/mol. The Hall–Kier alpha value is -0.830. The molecule has 84 valence electrons. The fourth-order valence-electron chi connectivity index (χ4n) is 1.62. The maximum atomic E-state index is 4.40. The van der Waals surface area contributed by atoms with E-state index in [4.69, 9.17) is 0 Å². The molecule has 1 N–H and O–H groups in total. The molecule has 0 saturated heterocycles. The van der Waals surface area contributed by atoms with Gasteiger partial charge in [0.15, 0.2) is 0 Å². The summed E-state index contributed by atoms with van der Waals surface area (Å²) in [5.74, 6) is 0.739. The lowest BCUT2D eigenvalue weighted by molar-refractivity contribution is 0.468. The third-order valence-electron chi connectivity index (χ3n) is 3.06. The van der Waals surface area contributed by atoms with Gasteiger partial charge in [-0.25, -0.2) is 4.98 Å². The zero-order valence-electron chi connectivity index (χ0n) is 9.74. The van der Waals surface area contributed by atoms with E-state index < -0.39 is 0 Å². The van der Waals surface area contributed by atoms with Crippen molar-refractivity contribution in [1.29, 1.82) is 0 Å². The second kappa shape index (κ2) is 4.79. The molecule has 1 aromatic heterocycles. The van der Waals surface area contributed by atoms with Gasteiger partial charge < -0.3 is 9.88 Å². The summed E-state index contributed by atoms with van der Waals surface area (Å²) < 4.78 is 2.21. The second-order valence-electron chi connectivity index (χ2n) is 4.73. The normalized spacial score (nSPS) is 18.0. The fraction of sp³-hybridized carbons (Fsp3) is 0.750. The first-order valence-corrected chi connectivity index (χ1v) is 6.02. The summed E-state index contributed by atoms with van der Waals surface area (Å²) >= 11 is 0. The summed E-state index contributed by atoms with van der Waals surface area (Å²) in [6, 6.07) is 0.768. The molecular formula is C12H21N3. The smallest absolute Gasteiger partial charge is 0.0950 e. The van der Waals surface area contributed by atoms with Crippen LogP contribution in [-0.2, 0) is 13.1 Å². The van der Waals surface area contributed by atoms with Crippen molar-refractivity contribution in [2.24, 2.45) is 5.92 Å². The fourth-order valence-corrected chi connectivity index (χ4v) is 1.62. The molecule has 0 aromatic carbocycles. The Kier molecular flexibility index (Phi) is 3.41. The minimum Gasteiger partial charge on any atom is -0.337 e. The van der Waals surface area contributed by atoms with Gasteiger partial charge in [0.05, 0.1) is 12.0 Å². The van der Waals surface area contributed by atoms with Crippen LogP contribution in [0, 0.1) is 5.92 Å². The molecule has 3 nitrogen and oxygen atoms in total. The molecule has 0 aliphatic heterocycles. The quantitative estimate of drug-likeness (QED) is 0.775. The molecular weight excluding hydrogens is 186 g/mol. The van der Waals surface area contributed by atoms with E-state index in [9.17, 15) is 0 Å². The van der Waals surface area contributed by atoms with Crippen LogP contribution in [0.15, 0.2) is 12.5 Å². The third kappa shape index (κ3) is 3.34. The van der Waals surface area contributed by atoms with Gasteiger partial charge in [-0.3, -0.25) is 0 Å². The molecule has 3 heteroatoms. The number of nitrogens with one attached hydrogen (secondary N) is 1. The largest absolute Gasteiger partial charge is 0.337 e. The predicted molar refractivity (Wildman–Crippen MR) is 61.5 cm³/mol. The lowest BCUT2D eigenvalue weighted by Gasteiger charge is -2.07. The molecule has 1 atom stereocenters. The molecule has 0 bridgehead atoms. The van der Waals surface area contributed by atoms with Gasteiger partial charge in [-0.1, -0.05) is 20.3 Å². The minimum absolute atomic E-state index is 0.739.